The van der Waals surface area contributed by atoms with Crippen LogP contribution in [0.1, 0.15) is 23.6 Å². The van der Waals surface area contributed by atoms with Crippen molar-refractivity contribution in [1.29, 1.82) is 0 Å². The van der Waals surface area contributed by atoms with Crippen molar-refractivity contribution in [2.45, 2.75) is 18.8 Å². The number of hydrogen-bond acceptors (Lipinski definition) is 4. The molecule has 6 nitrogen and oxygen atoms in total. The fraction of sp³-hybridized carbons (Fsp3) is 0.250. The summed E-state index contributed by atoms with van der Waals surface area (Å²) in [6, 6.07) is 4.02. The quantitative estimate of drug-likeness (QED) is 0.893. The van der Waals surface area contributed by atoms with Crippen molar-refractivity contribution in [1.82, 2.24) is 15.3 Å². The Bertz CT molecular complexity index is 736. The summed E-state index contributed by atoms with van der Waals surface area (Å²) in [5, 5.41) is 5.42. The molecule has 3 rings (SSSR count). The Morgan fingerprint density at radius 3 is 3.04 bits per heavy atom. The molecule has 2 heterocycles. The molecule has 23 heavy (non-hydrogen) atoms. The van der Waals surface area contributed by atoms with Crippen molar-refractivity contribution >= 4 is 17.5 Å². The molecule has 0 radical (unpaired) electrons. The minimum atomic E-state index is -0.684. The molecule has 1 atom stereocenters. The highest BCUT2D eigenvalue weighted by Gasteiger charge is 2.30. The Morgan fingerprint density at radius 1 is 1.39 bits per heavy atom. The van der Waals surface area contributed by atoms with Gasteiger partial charge in [-0.05, 0) is 23.8 Å². The van der Waals surface area contributed by atoms with Crippen LogP contribution in [0, 0.1) is 5.82 Å². The lowest BCUT2D eigenvalue weighted by Gasteiger charge is -2.24. The van der Waals surface area contributed by atoms with E-state index in [1.165, 1.54) is 18.2 Å². The highest BCUT2D eigenvalue weighted by molar-refractivity contribution is 6.01. The first-order valence-electron chi connectivity index (χ1n) is 7.25. The second kappa shape index (κ2) is 6.51. The first kappa shape index (κ1) is 15.1. The number of benzene rings is 1. The predicted molar refractivity (Wildman–Crippen MR) is 81.1 cm³/mol. The van der Waals surface area contributed by atoms with Gasteiger partial charge in [0.25, 0.3) is 0 Å². The minimum absolute atomic E-state index is 0.00737. The molecule has 7 heteroatoms. The molecule has 2 aromatic rings. The SMILES string of the molecule is O=C1C[C@@H](C(=O)NCCc2cnccn2)c2cc(F)ccc2N1. The Hall–Kier alpha value is -2.83. The van der Waals surface area contributed by atoms with Crippen molar-refractivity contribution in [3.63, 3.8) is 0 Å². The first-order chi connectivity index (χ1) is 11.1. The fourth-order valence-corrected chi connectivity index (χ4v) is 2.56. The van der Waals surface area contributed by atoms with Gasteiger partial charge in [0.15, 0.2) is 0 Å². The molecule has 1 aliphatic rings. The summed E-state index contributed by atoms with van der Waals surface area (Å²) >= 11 is 0. The van der Waals surface area contributed by atoms with Gasteiger partial charge in [0, 0.05) is 43.7 Å². The number of fused-ring (bicyclic) bond motifs is 1. The number of carbonyl (C=O) groups excluding carboxylic acids is 2. The molecule has 0 fully saturated rings. The van der Waals surface area contributed by atoms with Crippen molar-refractivity contribution in [2.75, 3.05) is 11.9 Å². The Morgan fingerprint density at radius 2 is 2.26 bits per heavy atom. The lowest BCUT2D eigenvalue weighted by Crippen LogP contribution is -2.36. The van der Waals surface area contributed by atoms with E-state index in [1.807, 2.05) is 0 Å². The van der Waals surface area contributed by atoms with Gasteiger partial charge in [0.2, 0.25) is 11.8 Å². The Labute approximate surface area is 132 Å². The summed E-state index contributed by atoms with van der Waals surface area (Å²) in [6.07, 6.45) is 5.34. The van der Waals surface area contributed by atoms with Crippen molar-refractivity contribution in [3.8, 4) is 0 Å². The van der Waals surface area contributed by atoms with Crippen LogP contribution in [0.5, 0.6) is 0 Å². The molecule has 1 aromatic carbocycles. The topological polar surface area (TPSA) is 84.0 Å². The predicted octanol–water partition coefficient (Wildman–Crippen LogP) is 1.40. The summed E-state index contributed by atoms with van der Waals surface area (Å²) in [6.45, 7) is 0.375. The van der Waals surface area contributed by atoms with Gasteiger partial charge in [-0.1, -0.05) is 0 Å². The maximum atomic E-state index is 13.4. The van der Waals surface area contributed by atoms with Crippen molar-refractivity contribution in [2.24, 2.45) is 0 Å². The van der Waals surface area contributed by atoms with E-state index in [1.54, 1.807) is 18.6 Å². The van der Waals surface area contributed by atoms with Crippen LogP contribution >= 0.6 is 0 Å². The summed E-state index contributed by atoms with van der Waals surface area (Å²) in [4.78, 5) is 32.1. The lowest BCUT2D eigenvalue weighted by atomic mass is 9.89. The largest absolute Gasteiger partial charge is 0.355 e. The summed E-state index contributed by atoms with van der Waals surface area (Å²) in [5.74, 6) is -1.66. The van der Waals surface area contributed by atoms with Crippen LogP contribution in [0.15, 0.2) is 36.8 Å². The third kappa shape index (κ3) is 3.50. The molecule has 0 aliphatic carbocycles. The zero-order chi connectivity index (χ0) is 16.2. The number of hydrogen-bond donors (Lipinski definition) is 2. The number of anilines is 1. The molecule has 0 spiro atoms. The van der Waals surface area contributed by atoms with Gasteiger partial charge in [-0.2, -0.15) is 0 Å². The average Bonchev–Trinajstić information content (AvgIpc) is 2.55. The van der Waals surface area contributed by atoms with E-state index < -0.39 is 11.7 Å². The Kier molecular flexibility index (Phi) is 4.27. The van der Waals surface area contributed by atoms with Gasteiger partial charge in [-0.25, -0.2) is 4.39 Å². The maximum Gasteiger partial charge on any atom is 0.228 e. The number of rotatable bonds is 4. The summed E-state index contributed by atoms with van der Waals surface area (Å²) in [5.41, 5.74) is 1.75. The monoisotopic (exact) mass is 314 g/mol. The van der Waals surface area contributed by atoms with Crippen LogP contribution in [0.3, 0.4) is 0 Å². The zero-order valence-corrected chi connectivity index (χ0v) is 12.3. The van der Waals surface area contributed by atoms with Crippen LogP contribution in [0.25, 0.3) is 0 Å². The van der Waals surface area contributed by atoms with Gasteiger partial charge >= 0.3 is 0 Å². The van der Waals surface area contributed by atoms with Crippen LogP contribution in [-0.4, -0.2) is 28.3 Å². The molecular formula is C16H15FN4O2. The van der Waals surface area contributed by atoms with Gasteiger partial charge in [-0.3, -0.25) is 19.6 Å². The van der Waals surface area contributed by atoms with Crippen molar-refractivity contribution in [3.05, 3.63) is 53.9 Å². The fourth-order valence-electron chi connectivity index (χ4n) is 2.56. The van der Waals surface area contributed by atoms with E-state index in [4.69, 9.17) is 0 Å². The Balaban J connectivity index is 1.68. The van der Waals surface area contributed by atoms with Gasteiger partial charge in [0.1, 0.15) is 5.82 Å². The molecule has 2 amide bonds. The normalized spacial score (nSPS) is 16.4. The first-order valence-corrected chi connectivity index (χ1v) is 7.25. The molecule has 0 bridgehead atoms. The summed E-state index contributed by atoms with van der Waals surface area (Å²) in [7, 11) is 0. The second-order valence-electron chi connectivity index (χ2n) is 5.27. The van der Waals surface area contributed by atoms with Gasteiger partial charge in [0.05, 0.1) is 11.6 Å². The molecule has 1 aliphatic heterocycles. The van der Waals surface area contributed by atoms with E-state index in [0.29, 0.717) is 24.2 Å². The van der Waals surface area contributed by atoms with Crippen LogP contribution in [-0.2, 0) is 16.0 Å². The molecule has 0 saturated carbocycles. The molecule has 118 valence electrons. The molecule has 1 aromatic heterocycles. The number of carbonyl (C=O) groups is 2. The smallest absolute Gasteiger partial charge is 0.228 e. The van der Waals surface area contributed by atoms with Crippen LogP contribution < -0.4 is 10.6 Å². The van der Waals surface area contributed by atoms with E-state index in [2.05, 4.69) is 20.6 Å². The van der Waals surface area contributed by atoms with Gasteiger partial charge < -0.3 is 10.6 Å². The summed E-state index contributed by atoms with van der Waals surface area (Å²) < 4.78 is 13.4. The lowest BCUT2D eigenvalue weighted by molar-refractivity contribution is -0.126. The number of amides is 2. The zero-order valence-electron chi connectivity index (χ0n) is 12.3. The highest BCUT2D eigenvalue weighted by atomic mass is 19.1. The second-order valence-corrected chi connectivity index (χ2v) is 5.27. The third-order valence-corrected chi connectivity index (χ3v) is 3.67. The average molecular weight is 314 g/mol. The van der Waals surface area contributed by atoms with E-state index >= 15 is 0 Å². The molecule has 2 N–H and O–H groups in total. The molecule has 0 saturated heterocycles. The van der Waals surface area contributed by atoms with E-state index in [-0.39, 0.29) is 18.2 Å². The highest BCUT2D eigenvalue weighted by Crippen LogP contribution is 2.32. The van der Waals surface area contributed by atoms with Crippen LogP contribution in [0.4, 0.5) is 10.1 Å². The molecule has 0 unspecified atom stereocenters. The number of halogens is 1. The molecular weight excluding hydrogens is 299 g/mol. The third-order valence-electron chi connectivity index (χ3n) is 3.67. The maximum absolute atomic E-state index is 13.4. The van der Waals surface area contributed by atoms with Crippen LogP contribution in [0.2, 0.25) is 0 Å². The van der Waals surface area contributed by atoms with Crippen molar-refractivity contribution < 1.29 is 14.0 Å². The number of nitrogens with zero attached hydrogens (tertiary/aromatic N) is 2. The van der Waals surface area contributed by atoms with Gasteiger partial charge in [-0.15, -0.1) is 0 Å². The van der Waals surface area contributed by atoms with E-state index in [0.717, 1.165) is 5.69 Å². The number of nitrogens with one attached hydrogen (secondary N) is 2. The number of aromatic nitrogens is 2. The minimum Gasteiger partial charge on any atom is -0.355 e. The standard InChI is InChI=1S/C16H15FN4O2/c17-10-1-2-14-12(7-10)13(8-15(22)21-14)16(23)20-4-3-11-9-18-5-6-19-11/h1-2,5-7,9,13H,3-4,8H2,(H,20,23)(H,21,22)/t13-/m1/s1. The van der Waals surface area contributed by atoms with E-state index in [9.17, 15) is 14.0 Å².